The number of carbonyl (C=O) groups excluding carboxylic acids is 3. The van der Waals surface area contributed by atoms with E-state index in [0.717, 1.165) is 32.1 Å². The van der Waals surface area contributed by atoms with Crippen molar-refractivity contribution >= 4 is 34.9 Å². The van der Waals surface area contributed by atoms with Gasteiger partial charge in [0.2, 0.25) is 5.91 Å². The smallest absolute Gasteiger partial charge is 0.411 e. The highest BCUT2D eigenvalue weighted by Crippen LogP contribution is 2.33. The minimum absolute atomic E-state index is 0.0365. The van der Waals surface area contributed by atoms with Gasteiger partial charge in [0.15, 0.2) is 30.0 Å². The van der Waals surface area contributed by atoms with Gasteiger partial charge in [-0.3, -0.25) is 14.2 Å². The number of anilines is 1. The third-order valence-corrected chi connectivity index (χ3v) is 8.25. The number of carbonyl (C=O) groups is 3. The number of aromatic nitrogens is 4. The number of likely N-dealkylation sites (tertiary alicyclic amines) is 2. The van der Waals surface area contributed by atoms with Gasteiger partial charge in [-0.1, -0.05) is 0 Å². The molecular formula is C25H34N8O7. The van der Waals surface area contributed by atoms with Gasteiger partial charge < -0.3 is 40.5 Å². The maximum atomic E-state index is 12.5. The molecule has 4 aliphatic rings. The van der Waals surface area contributed by atoms with E-state index >= 15 is 0 Å². The molecule has 15 nitrogen and oxygen atoms in total. The van der Waals surface area contributed by atoms with Gasteiger partial charge in [-0.05, 0) is 38.0 Å². The summed E-state index contributed by atoms with van der Waals surface area (Å²) in [5, 5.41) is 24.0. The molecule has 4 fully saturated rings. The van der Waals surface area contributed by atoms with Crippen LogP contribution in [-0.2, 0) is 25.5 Å². The summed E-state index contributed by atoms with van der Waals surface area (Å²) in [6, 6.07) is 0.0889. The number of nitrogen functional groups attached to an aromatic ring is 1. The Balaban J connectivity index is 1.07. The summed E-state index contributed by atoms with van der Waals surface area (Å²) < 4.78 is 12.7. The Morgan fingerprint density at radius 3 is 2.60 bits per heavy atom. The molecule has 40 heavy (non-hydrogen) atoms. The van der Waals surface area contributed by atoms with Crippen LogP contribution in [0.25, 0.3) is 11.2 Å². The standard InChI is InChI=1S/C25H34N8O7/c1-31-15(34)10-16(31)39-25(38)32-8-6-12(7-9-32)2-5-14-29-21(26)17-22(30-14)33(11-27-17)24-19(36)18(35)20(40-24)23(37)28-13-3-4-13/h11-13,16,18-20,24,35-36H,2-10H2,1H3,(H,28,37)(H2,26,29,30)/t16?,18?,19?,20-,24+/m0/s1. The van der Waals surface area contributed by atoms with Crippen LogP contribution in [0.15, 0.2) is 6.33 Å². The summed E-state index contributed by atoms with van der Waals surface area (Å²) in [5.74, 6) is 0.545. The van der Waals surface area contributed by atoms with Gasteiger partial charge in [-0.25, -0.2) is 19.7 Å². The average molecular weight is 559 g/mol. The third kappa shape index (κ3) is 5.04. The van der Waals surface area contributed by atoms with Crippen LogP contribution < -0.4 is 11.1 Å². The number of hydrogen-bond acceptors (Lipinski definition) is 11. The number of aliphatic hydroxyl groups is 2. The number of aryl methyl sites for hydroxylation is 1. The molecule has 1 saturated carbocycles. The van der Waals surface area contributed by atoms with E-state index < -0.39 is 42.8 Å². The van der Waals surface area contributed by atoms with Gasteiger partial charge in [0.05, 0.1) is 12.7 Å². The van der Waals surface area contributed by atoms with Crippen LogP contribution in [-0.4, -0.2) is 108 Å². The molecule has 5 heterocycles. The second-order valence-electron chi connectivity index (χ2n) is 11.1. The predicted octanol–water partition coefficient (Wildman–Crippen LogP) is -0.724. The van der Waals surface area contributed by atoms with Gasteiger partial charge in [0, 0.05) is 32.6 Å². The number of hydrogen-bond donors (Lipinski definition) is 4. The molecular weight excluding hydrogens is 524 g/mol. The van der Waals surface area contributed by atoms with E-state index in [4.69, 9.17) is 15.2 Å². The monoisotopic (exact) mass is 558 g/mol. The summed E-state index contributed by atoms with van der Waals surface area (Å²) in [6.45, 7) is 1.13. The highest BCUT2D eigenvalue weighted by atomic mass is 16.6. The molecule has 1 aliphatic carbocycles. The fraction of sp³-hybridized carbons (Fsp3) is 0.680. The Bertz CT molecular complexity index is 1310. The molecule has 5 N–H and O–H groups in total. The van der Waals surface area contributed by atoms with Gasteiger partial charge in [-0.15, -0.1) is 0 Å². The molecule has 2 aromatic heterocycles. The summed E-state index contributed by atoms with van der Waals surface area (Å²) in [6.07, 6.45) is 0.414. The number of nitrogens with one attached hydrogen (secondary N) is 1. The Kier molecular flexibility index (Phi) is 6.96. The Hall–Kier alpha value is -3.56. The van der Waals surface area contributed by atoms with Crippen LogP contribution in [0.1, 0.15) is 50.6 Å². The zero-order valence-electron chi connectivity index (χ0n) is 22.2. The molecule has 0 bridgehead atoms. The number of piperidine rings is 1. The van der Waals surface area contributed by atoms with Gasteiger partial charge in [0.1, 0.15) is 23.5 Å². The molecule has 5 atom stereocenters. The van der Waals surface area contributed by atoms with Crippen LogP contribution in [0.4, 0.5) is 10.6 Å². The van der Waals surface area contributed by atoms with Crippen LogP contribution in [0, 0.1) is 5.92 Å². The first-order valence-electron chi connectivity index (χ1n) is 13.7. The van der Waals surface area contributed by atoms with Crippen molar-refractivity contribution in [1.29, 1.82) is 0 Å². The van der Waals surface area contributed by atoms with E-state index in [-0.39, 0.29) is 24.2 Å². The molecule has 3 unspecified atom stereocenters. The number of nitrogens with zero attached hydrogens (tertiary/aromatic N) is 6. The topological polar surface area (TPSA) is 198 Å². The van der Waals surface area contributed by atoms with Crippen LogP contribution >= 0.6 is 0 Å². The molecule has 0 radical (unpaired) electrons. The number of fused-ring (bicyclic) bond motifs is 1. The molecule has 2 aromatic rings. The number of nitrogens with two attached hydrogens (primary N) is 1. The maximum Gasteiger partial charge on any atom is 0.411 e. The minimum atomic E-state index is -1.40. The highest BCUT2D eigenvalue weighted by molar-refractivity contribution is 5.84. The van der Waals surface area contributed by atoms with E-state index in [2.05, 4.69) is 20.3 Å². The molecule has 6 rings (SSSR count). The van der Waals surface area contributed by atoms with Crippen molar-refractivity contribution in [3.05, 3.63) is 12.2 Å². The van der Waals surface area contributed by atoms with Crippen molar-refractivity contribution in [2.75, 3.05) is 25.9 Å². The first-order valence-corrected chi connectivity index (χ1v) is 13.7. The van der Waals surface area contributed by atoms with E-state index in [0.29, 0.717) is 42.4 Å². The van der Waals surface area contributed by atoms with E-state index in [1.165, 1.54) is 15.8 Å². The second kappa shape index (κ2) is 10.4. The highest BCUT2D eigenvalue weighted by Gasteiger charge is 2.48. The van der Waals surface area contributed by atoms with E-state index in [1.807, 2.05) is 0 Å². The van der Waals surface area contributed by atoms with Gasteiger partial charge in [0.25, 0.3) is 5.91 Å². The Labute approximate surface area is 229 Å². The lowest BCUT2D eigenvalue weighted by Crippen LogP contribution is -2.54. The molecule has 15 heteroatoms. The minimum Gasteiger partial charge on any atom is -0.425 e. The van der Waals surface area contributed by atoms with Crippen molar-refractivity contribution in [3.63, 3.8) is 0 Å². The Morgan fingerprint density at radius 1 is 1.18 bits per heavy atom. The summed E-state index contributed by atoms with van der Waals surface area (Å²) in [5.41, 5.74) is 6.86. The average Bonchev–Trinajstić information content (AvgIpc) is 3.58. The normalized spacial score (nSPS) is 29.1. The number of amides is 3. The molecule has 0 spiro atoms. The van der Waals surface area contributed by atoms with Gasteiger partial charge in [-0.2, -0.15) is 0 Å². The van der Waals surface area contributed by atoms with Crippen molar-refractivity contribution in [1.82, 2.24) is 34.6 Å². The molecule has 0 aromatic carbocycles. The Morgan fingerprint density at radius 2 is 1.93 bits per heavy atom. The number of β-lactam (4-membered cyclic amide) rings is 1. The summed E-state index contributed by atoms with van der Waals surface area (Å²) in [4.78, 5) is 52.7. The van der Waals surface area contributed by atoms with Crippen molar-refractivity contribution in [2.24, 2.45) is 5.92 Å². The first-order chi connectivity index (χ1) is 19.2. The third-order valence-electron chi connectivity index (χ3n) is 8.25. The van der Waals surface area contributed by atoms with Crippen LogP contribution in [0.2, 0.25) is 0 Å². The lowest BCUT2D eigenvalue weighted by Gasteiger charge is -2.38. The lowest BCUT2D eigenvalue weighted by atomic mass is 9.92. The second-order valence-corrected chi connectivity index (χ2v) is 11.1. The SMILES string of the molecule is CN1C(=O)CC1OC(=O)N1CCC(CCc2nc(N)c3ncn([C@@H]4O[C@H](C(=O)NC5CC5)C(O)C4O)c3n2)CC1. The molecule has 3 amide bonds. The van der Waals surface area contributed by atoms with Crippen molar-refractivity contribution < 1.29 is 34.1 Å². The quantitative estimate of drug-likeness (QED) is 0.313. The first kappa shape index (κ1) is 26.7. The van der Waals surface area contributed by atoms with Gasteiger partial charge >= 0.3 is 6.09 Å². The largest absolute Gasteiger partial charge is 0.425 e. The maximum absolute atomic E-state index is 12.5. The predicted molar refractivity (Wildman–Crippen MR) is 137 cm³/mol. The number of ether oxygens (including phenoxy) is 2. The summed E-state index contributed by atoms with van der Waals surface area (Å²) in [7, 11) is 1.62. The van der Waals surface area contributed by atoms with Crippen molar-refractivity contribution in [3.8, 4) is 0 Å². The van der Waals surface area contributed by atoms with Crippen LogP contribution in [0.3, 0.4) is 0 Å². The zero-order valence-corrected chi connectivity index (χ0v) is 22.2. The number of aliphatic hydroxyl groups excluding tert-OH is 2. The molecule has 3 saturated heterocycles. The van der Waals surface area contributed by atoms with Crippen LogP contribution in [0.5, 0.6) is 0 Å². The number of rotatable bonds is 7. The van der Waals surface area contributed by atoms with E-state index in [9.17, 15) is 24.6 Å². The fourth-order valence-corrected chi connectivity index (χ4v) is 5.43. The summed E-state index contributed by atoms with van der Waals surface area (Å²) >= 11 is 0. The molecule has 3 aliphatic heterocycles. The number of imidazole rings is 1. The molecule has 216 valence electrons. The van der Waals surface area contributed by atoms with E-state index in [1.54, 1.807) is 11.9 Å². The zero-order chi connectivity index (χ0) is 28.1. The lowest BCUT2D eigenvalue weighted by molar-refractivity contribution is -0.161. The van der Waals surface area contributed by atoms with Crippen molar-refractivity contribution in [2.45, 2.75) is 81.8 Å². The fourth-order valence-electron chi connectivity index (χ4n) is 5.43.